The van der Waals surface area contributed by atoms with Gasteiger partial charge in [-0.05, 0) is 25.0 Å². The molecule has 1 aliphatic rings. The molecule has 0 saturated carbocycles. The number of amides is 1. The van der Waals surface area contributed by atoms with E-state index in [1.807, 2.05) is 25.1 Å². The van der Waals surface area contributed by atoms with Crippen molar-refractivity contribution >= 4 is 15.7 Å². The maximum Gasteiger partial charge on any atom is 0.254 e. The molecule has 0 N–H and O–H groups in total. The first-order chi connectivity index (χ1) is 9.03. The van der Waals surface area contributed by atoms with Crippen LogP contribution < -0.4 is 0 Å². The predicted molar refractivity (Wildman–Crippen MR) is 74.8 cm³/mol. The maximum absolute atomic E-state index is 12.5. The van der Waals surface area contributed by atoms with Gasteiger partial charge in [0.25, 0.3) is 5.91 Å². The van der Waals surface area contributed by atoms with Crippen LogP contribution in [0.15, 0.2) is 30.3 Å². The summed E-state index contributed by atoms with van der Waals surface area (Å²) in [5, 5.41) is 0. The Hall–Kier alpha value is -1.36. The third-order valence-corrected chi connectivity index (χ3v) is 5.15. The molecule has 5 heteroatoms. The zero-order valence-corrected chi connectivity index (χ0v) is 11.9. The van der Waals surface area contributed by atoms with Crippen molar-refractivity contribution in [3.63, 3.8) is 0 Å². The van der Waals surface area contributed by atoms with Crippen molar-refractivity contribution in [1.29, 1.82) is 0 Å². The SMILES string of the molecule is CCCN(C(=O)c1ccccc1)C1CCS(=O)(=O)C1. The fourth-order valence-corrected chi connectivity index (χ4v) is 4.19. The molecule has 1 atom stereocenters. The molecule has 0 spiro atoms. The summed E-state index contributed by atoms with van der Waals surface area (Å²) in [6.45, 7) is 2.60. The largest absolute Gasteiger partial charge is 0.335 e. The summed E-state index contributed by atoms with van der Waals surface area (Å²) in [6.07, 6.45) is 1.38. The minimum atomic E-state index is -2.97. The lowest BCUT2D eigenvalue weighted by Gasteiger charge is -2.28. The van der Waals surface area contributed by atoms with Gasteiger partial charge in [0, 0.05) is 18.2 Å². The molecule has 0 bridgehead atoms. The van der Waals surface area contributed by atoms with Gasteiger partial charge < -0.3 is 4.90 Å². The third kappa shape index (κ3) is 3.35. The van der Waals surface area contributed by atoms with Gasteiger partial charge in [0.2, 0.25) is 0 Å². The lowest BCUT2D eigenvalue weighted by molar-refractivity contribution is 0.0697. The van der Waals surface area contributed by atoms with Crippen molar-refractivity contribution in [3.05, 3.63) is 35.9 Å². The monoisotopic (exact) mass is 281 g/mol. The normalized spacial score (nSPS) is 21.2. The molecule has 1 aliphatic heterocycles. The van der Waals surface area contributed by atoms with E-state index in [4.69, 9.17) is 0 Å². The van der Waals surface area contributed by atoms with Gasteiger partial charge in [-0.15, -0.1) is 0 Å². The standard InChI is InChI=1S/C14H19NO3S/c1-2-9-15(13-8-10-19(17,18)11-13)14(16)12-6-4-3-5-7-12/h3-7,13H,2,8-11H2,1H3. The number of benzene rings is 1. The van der Waals surface area contributed by atoms with Gasteiger partial charge in [0.05, 0.1) is 11.5 Å². The number of carbonyl (C=O) groups excluding carboxylic acids is 1. The minimum absolute atomic E-state index is 0.0652. The molecule has 1 aromatic rings. The van der Waals surface area contributed by atoms with Crippen molar-refractivity contribution in [1.82, 2.24) is 4.90 Å². The van der Waals surface area contributed by atoms with Crippen LogP contribution in [-0.2, 0) is 9.84 Å². The lowest BCUT2D eigenvalue weighted by Crippen LogP contribution is -2.41. The van der Waals surface area contributed by atoms with E-state index in [-0.39, 0.29) is 23.5 Å². The van der Waals surface area contributed by atoms with Crippen LogP contribution >= 0.6 is 0 Å². The van der Waals surface area contributed by atoms with Gasteiger partial charge in [-0.25, -0.2) is 8.42 Å². The summed E-state index contributed by atoms with van der Waals surface area (Å²) in [5.74, 6) is 0.232. The Balaban J connectivity index is 2.19. The molecule has 0 aliphatic carbocycles. The van der Waals surface area contributed by atoms with Crippen LogP contribution in [0.3, 0.4) is 0 Å². The van der Waals surface area contributed by atoms with Crippen LogP contribution in [0.4, 0.5) is 0 Å². The Morgan fingerprint density at radius 2 is 2.00 bits per heavy atom. The van der Waals surface area contributed by atoms with Crippen LogP contribution in [0.2, 0.25) is 0 Å². The zero-order valence-electron chi connectivity index (χ0n) is 11.1. The highest BCUT2D eigenvalue weighted by Crippen LogP contribution is 2.20. The summed E-state index contributed by atoms with van der Waals surface area (Å²) >= 11 is 0. The second kappa shape index (κ2) is 5.74. The first kappa shape index (κ1) is 14.1. The Labute approximate surface area is 114 Å². The van der Waals surface area contributed by atoms with Gasteiger partial charge in [0.1, 0.15) is 0 Å². The van der Waals surface area contributed by atoms with E-state index >= 15 is 0 Å². The third-order valence-electron chi connectivity index (χ3n) is 3.40. The zero-order chi connectivity index (χ0) is 13.9. The average Bonchev–Trinajstić information content (AvgIpc) is 2.76. The highest BCUT2D eigenvalue weighted by Gasteiger charge is 2.34. The fourth-order valence-electron chi connectivity index (χ4n) is 2.46. The van der Waals surface area contributed by atoms with E-state index in [2.05, 4.69) is 0 Å². The molecule has 0 aromatic heterocycles. The van der Waals surface area contributed by atoms with Gasteiger partial charge >= 0.3 is 0 Å². The van der Waals surface area contributed by atoms with Crippen molar-refractivity contribution in [2.24, 2.45) is 0 Å². The molecule has 1 saturated heterocycles. The number of nitrogens with zero attached hydrogens (tertiary/aromatic N) is 1. The first-order valence-electron chi connectivity index (χ1n) is 6.60. The van der Waals surface area contributed by atoms with E-state index < -0.39 is 9.84 Å². The number of sulfone groups is 1. The number of hydrogen-bond acceptors (Lipinski definition) is 3. The van der Waals surface area contributed by atoms with Crippen molar-refractivity contribution < 1.29 is 13.2 Å². The molecule has 1 heterocycles. The van der Waals surface area contributed by atoms with E-state index in [0.717, 1.165) is 6.42 Å². The van der Waals surface area contributed by atoms with E-state index in [1.165, 1.54) is 0 Å². The summed E-state index contributed by atoms with van der Waals surface area (Å²) in [4.78, 5) is 14.2. The molecule has 0 radical (unpaired) electrons. The van der Waals surface area contributed by atoms with Gasteiger partial charge in [-0.1, -0.05) is 25.1 Å². The predicted octanol–water partition coefficient (Wildman–Crippen LogP) is 1.73. The summed E-state index contributed by atoms with van der Waals surface area (Å²) in [5.41, 5.74) is 0.625. The molecule has 2 rings (SSSR count). The highest BCUT2D eigenvalue weighted by molar-refractivity contribution is 7.91. The second-order valence-electron chi connectivity index (χ2n) is 4.92. The second-order valence-corrected chi connectivity index (χ2v) is 7.15. The summed E-state index contributed by atoms with van der Waals surface area (Å²) in [7, 11) is -2.97. The van der Waals surface area contributed by atoms with Gasteiger partial charge in [-0.2, -0.15) is 0 Å². The van der Waals surface area contributed by atoms with Crippen LogP contribution in [0.1, 0.15) is 30.1 Å². The molecule has 1 fully saturated rings. The Bertz CT molecular complexity index is 539. The Morgan fingerprint density at radius 3 is 2.53 bits per heavy atom. The van der Waals surface area contributed by atoms with E-state index in [1.54, 1.807) is 17.0 Å². The maximum atomic E-state index is 12.5. The number of carbonyl (C=O) groups is 1. The minimum Gasteiger partial charge on any atom is -0.335 e. The van der Waals surface area contributed by atoms with Crippen molar-refractivity contribution in [3.8, 4) is 0 Å². The highest BCUT2D eigenvalue weighted by atomic mass is 32.2. The molecule has 19 heavy (non-hydrogen) atoms. The smallest absolute Gasteiger partial charge is 0.254 e. The van der Waals surface area contributed by atoms with Crippen molar-refractivity contribution in [2.45, 2.75) is 25.8 Å². The summed E-state index contributed by atoms with van der Waals surface area (Å²) < 4.78 is 23.1. The van der Waals surface area contributed by atoms with Crippen molar-refractivity contribution in [2.75, 3.05) is 18.1 Å². The average molecular weight is 281 g/mol. The van der Waals surface area contributed by atoms with Gasteiger partial charge in [-0.3, -0.25) is 4.79 Å². The summed E-state index contributed by atoms with van der Waals surface area (Å²) in [6, 6.07) is 8.88. The first-order valence-corrected chi connectivity index (χ1v) is 8.42. The lowest BCUT2D eigenvalue weighted by atomic mass is 10.1. The molecule has 1 amide bonds. The molecule has 1 unspecified atom stereocenters. The van der Waals surface area contributed by atoms with Crippen LogP contribution in [-0.4, -0.2) is 43.3 Å². The molecule has 104 valence electrons. The molecular weight excluding hydrogens is 262 g/mol. The molecular formula is C14H19NO3S. The quantitative estimate of drug-likeness (QED) is 0.844. The van der Waals surface area contributed by atoms with Crippen LogP contribution in [0.25, 0.3) is 0 Å². The van der Waals surface area contributed by atoms with Crippen LogP contribution in [0, 0.1) is 0 Å². The number of hydrogen-bond donors (Lipinski definition) is 0. The van der Waals surface area contributed by atoms with Gasteiger partial charge in [0.15, 0.2) is 9.84 Å². The fraction of sp³-hybridized carbons (Fsp3) is 0.500. The van der Waals surface area contributed by atoms with Crippen LogP contribution in [0.5, 0.6) is 0 Å². The van der Waals surface area contributed by atoms with E-state index in [9.17, 15) is 13.2 Å². The Morgan fingerprint density at radius 1 is 1.32 bits per heavy atom. The number of rotatable bonds is 4. The molecule has 4 nitrogen and oxygen atoms in total. The molecule has 1 aromatic carbocycles. The Kier molecular flexibility index (Phi) is 4.24. The topological polar surface area (TPSA) is 54.5 Å². The van der Waals surface area contributed by atoms with E-state index in [0.29, 0.717) is 18.5 Å².